The molecule has 0 fully saturated rings. The third kappa shape index (κ3) is 8.30. The molecule has 0 aromatic heterocycles. The largest absolute Gasteiger partial charge is 0.354 e. The van der Waals surface area contributed by atoms with E-state index in [1.165, 1.54) is 35.2 Å². The monoisotopic (exact) mass is 657 g/mol. The summed E-state index contributed by atoms with van der Waals surface area (Å²) in [5, 5.41) is 3.92. The molecule has 0 aliphatic carbocycles. The van der Waals surface area contributed by atoms with Crippen molar-refractivity contribution in [1.82, 2.24) is 10.2 Å². The number of anilines is 1. The van der Waals surface area contributed by atoms with E-state index in [2.05, 4.69) is 5.32 Å². The number of aryl methyl sites for hydroxylation is 1. The maximum atomic E-state index is 14.1. The van der Waals surface area contributed by atoms with E-state index in [0.29, 0.717) is 28.6 Å². The number of nitrogens with one attached hydrogen (secondary N) is 1. The van der Waals surface area contributed by atoms with E-state index in [-0.39, 0.29) is 39.5 Å². The van der Waals surface area contributed by atoms with Crippen molar-refractivity contribution in [3.8, 4) is 0 Å². The highest BCUT2D eigenvalue weighted by atomic mass is 35.5. The number of benzene rings is 3. The molecule has 0 saturated carbocycles. The van der Waals surface area contributed by atoms with Gasteiger partial charge in [0, 0.05) is 23.1 Å². The van der Waals surface area contributed by atoms with Crippen molar-refractivity contribution in [2.24, 2.45) is 0 Å². The van der Waals surface area contributed by atoms with Crippen LogP contribution in [0.5, 0.6) is 0 Å². The average Bonchev–Trinajstić information content (AvgIpc) is 2.93. The molecule has 12 heteroatoms. The Morgan fingerprint density at radius 3 is 2.15 bits per heavy atom. The van der Waals surface area contributed by atoms with Crippen LogP contribution in [-0.2, 0) is 26.2 Å². The highest BCUT2D eigenvalue weighted by Crippen LogP contribution is 2.31. The molecule has 0 aliphatic heterocycles. The normalized spacial score (nSPS) is 12.1. The summed E-state index contributed by atoms with van der Waals surface area (Å²) in [7, 11) is -4.24. The number of amides is 2. The van der Waals surface area contributed by atoms with E-state index in [9.17, 15) is 18.0 Å². The Labute approximate surface area is 261 Å². The fourth-order valence-corrected chi connectivity index (χ4v) is 6.29. The topological polar surface area (TPSA) is 86.8 Å². The number of carbonyl (C=O) groups is 2. The SMILES string of the molecule is CCCNC(=O)[C@@H](CC)N(Cc1ccc(Cl)cc1Cl)C(=O)CN(c1ccc(Cl)c(Cl)c1)S(=O)(=O)c1ccc(C)cc1. The molecule has 0 bridgehead atoms. The summed E-state index contributed by atoms with van der Waals surface area (Å²) in [6.45, 7) is 5.30. The first-order chi connectivity index (χ1) is 19.4. The predicted octanol–water partition coefficient (Wildman–Crippen LogP) is 7.14. The minimum Gasteiger partial charge on any atom is -0.354 e. The Kier molecular flexibility index (Phi) is 11.8. The Morgan fingerprint density at radius 1 is 0.878 bits per heavy atom. The van der Waals surface area contributed by atoms with Crippen LogP contribution in [0, 0.1) is 6.92 Å². The van der Waals surface area contributed by atoms with Crippen molar-refractivity contribution in [2.45, 2.75) is 51.1 Å². The van der Waals surface area contributed by atoms with Crippen molar-refractivity contribution in [1.29, 1.82) is 0 Å². The molecular weight excluding hydrogens is 628 g/mol. The lowest BCUT2D eigenvalue weighted by Gasteiger charge is -2.33. The maximum absolute atomic E-state index is 14.1. The Bertz CT molecular complexity index is 1500. The van der Waals surface area contributed by atoms with E-state index < -0.39 is 28.5 Å². The Morgan fingerprint density at radius 2 is 1.56 bits per heavy atom. The average molecular weight is 659 g/mol. The molecule has 1 N–H and O–H groups in total. The van der Waals surface area contributed by atoms with Gasteiger partial charge < -0.3 is 10.2 Å². The van der Waals surface area contributed by atoms with Gasteiger partial charge in [-0.3, -0.25) is 13.9 Å². The van der Waals surface area contributed by atoms with E-state index in [1.807, 2.05) is 13.8 Å². The molecule has 3 aromatic rings. The number of nitrogens with zero attached hydrogens (tertiary/aromatic N) is 2. The first kappa shape index (κ1) is 33.0. The fourth-order valence-electron chi connectivity index (χ4n) is 4.13. The lowest BCUT2D eigenvalue weighted by molar-refractivity contribution is -0.140. The molecule has 7 nitrogen and oxygen atoms in total. The van der Waals surface area contributed by atoms with Crippen LogP contribution in [0.4, 0.5) is 5.69 Å². The minimum absolute atomic E-state index is 0.0120. The zero-order chi connectivity index (χ0) is 30.3. The zero-order valence-electron chi connectivity index (χ0n) is 22.8. The van der Waals surface area contributed by atoms with Gasteiger partial charge in [0.05, 0.1) is 20.6 Å². The van der Waals surface area contributed by atoms with E-state index in [4.69, 9.17) is 46.4 Å². The number of rotatable bonds is 12. The van der Waals surface area contributed by atoms with Crippen molar-refractivity contribution in [3.05, 3.63) is 91.9 Å². The van der Waals surface area contributed by atoms with Crippen LogP contribution in [-0.4, -0.2) is 44.3 Å². The molecule has 0 radical (unpaired) electrons. The summed E-state index contributed by atoms with van der Waals surface area (Å²) in [6.07, 6.45) is 0.989. The first-order valence-electron chi connectivity index (χ1n) is 12.9. The summed E-state index contributed by atoms with van der Waals surface area (Å²) in [4.78, 5) is 28.6. The van der Waals surface area contributed by atoms with Gasteiger partial charge >= 0.3 is 0 Å². The lowest BCUT2D eigenvalue weighted by Crippen LogP contribution is -2.52. The van der Waals surface area contributed by atoms with Crippen LogP contribution in [0.3, 0.4) is 0 Å². The Balaban J connectivity index is 2.10. The molecule has 3 aromatic carbocycles. The number of hydrogen-bond donors (Lipinski definition) is 1. The number of halogens is 4. The van der Waals surface area contributed by atoms with Gasteiger partial charge in [0.15, 0.2) is 0 Å². The smallest absolute Gasteiger partial charge is 0.264 e. The van der Waals surface area contributed by atoms with Gasteiger partial charge in [-0.15, -0.1) is 0 Å². The number of carbonyl (C=O) groups excluding carboxylic acids is 2. The maximum Gasteiger partial charge on any atom is 0.264 e. The van der Waals surface area contributed by atoms with Gasteiger partial charge in [-0.25, -0.2) is 8.42 Å². The van der Waals surface area contributed by atoms with Gasteiger partial charge in [0.25, 0.3) is 10.0 Å². The summed E-state index contributed by atoms with van der Waals surface area (Å²) < 4.78 is 28.8. The van der Waals surface area contributed by atoms with Crippen molar-refractivity contribution < 1.29 is 18.0 Å². The summed E-state index contributed by atoms with van der Waals surface area (Å²) in [5.74, 6) is -0.966. The summed E-state index contributed by atoms with van der Waals surface area (Å²) in [6, 6.07) is 14.5. The van der Waals surface area contributed by atoms with Gasteiger partial charge in [0.2, 0.25) is 11.8 Å². The molecule has 0 saturated heterocycles. The van der Waals surface area contributed by atoms with Crippen LogP contribution < -0.4 is 9.62 Å². The Hall–Kier alpha value is -2.49. The third-order valence-electron chi connectivity index (χ3n) is 6.37. The highest BCUT2D eigenvalue weighted by Gasteiger charge is 2.34. The summed E-state index contributed by atoms with van der Waals surface area (Å²) >= 11 is 24.9. The molecule has 0 spiro atoms. The molecule has 2 amide bonds. The van der Waals surface area contributed by atoms with Gasteiger partial charge in [0.1, 0.15) is 12.6 Å². The quantitative estimate of drug-likeness (QED) is 0.224. The predicted molar refractivity (Wildman–Crippen MR) is 167 cm³/mol. The number of sulfonamides is 1. The highest BCUT2D eigenvalue weighted by molar-refractivity contribution is 7.92. The molecule has 0 heterocycles. The molecular formula is C29H31Cl4N3O4S. The van der Waals surface area contributed by atoms with Crippen LogP contribution >= 0.6 is 46.4 Å². The molecule has 0 unspecified atom stereocenters. The van der Waals surface area contributed by atoms with Crippen LogP contribution in [0.15, 0.2) is 65.6 Å². The first-order valence-corrected chi connectivity index (χ1v) is 15.9. The number of hydrogen-bond acceptors (Lipinski definition) is 4. The molecule has 41 heavy (non-hydrogen) atoms. The van der Waals surface area contributed by atoms with Crippen molar-refractivity contribution in [2.75, 3.05) is 17.4 Å². The molecule has 1 atom stereocenters. The van der Waals surface area contributed by atoms with E-state index in [0.717, 1.165) is 9.87 Å². The lowest BCUT2D eigenvalue weighted by atomic mass is 10.1. The van der Waals surface area contributed by atoms with Crippen molar-refractivity contribution >= 4 is 73.9 Å². The standard InChI is InChI=1S/C29H31Cl4N3O4S/c1-4-14-34-29(38)27(5-2)35(17-20-8-9-21(30)15-25(20)32)28(37)18-36(22-10-13-24(31)26(33)16-22)41(39,40)23-11-6-19(3)7-12-23/h6-13,15-16,27H,4-5,14,17-18H2,1-3H3,(H,34,38)/t27-/m1/s1. The molecule has 3 rings (SSSR count). The van der Waals surface area contributed by atoms with E-state index >= 15 is 0 Å². The van der Waals surface area contributed by atoms with Gasteiger partial charge in [-0.1, -0.05) is 84.0 Å². The van der Waals surface area contributed by atoms with Gasteiger partial charge in [-0.05, 0) is 67.8 Å². The van der Waals surface area contributed by atoms with E-state index in [1.54, 1.807) is 37.3 Å². The zero-order valence-corrected chi connectivity index (χ0v) is 26.7. The van der Waals surface area contributed by atoms with Crippen LogP contribution in [0.1, 0.15) is 37.8 Å². The minimum atomic E-state index is -4.24. The molecule has 220 valence electrons. The second-order valence-corrected chi connectivity index (χ2v) is 12.9. The van der Waals surface area contributed by atoms with Crippen LogP contribution in [0.2, 0.25) is 20.1 Å². The van der Waals surface area contributed by atoms with Crippen LogP contribution in [0.25, 0.3) is 0 Å². The third-order valence-corrected chi connectivity index (χ3v) is 9.48. The summed E-state index contributed by atoms with van der Waals surface area (Å²) in [5.41, 5.74) is 1.56. The van der Waals surface area contributed by atoms with Gasteiger partial charge in [-0.2, -0.15) is 0 Å². The second kappa shape index (κ2) is 14.6. The van der Waals surface area contributed by atoms with Crippen molar-refractivity contribution in [3.63, 3.8) is 0 Å². The molecule has 0 aliphatic rings. The second-order valence-electron chi connectivity index (χ2n) is 9.40. The fraction of sp³-hybridized carbons (Fsp3) is 0.310.